The van der Waals surface area contributed by atoms with Crippen LogP contribution in [0, 0.1) is 11.3 Å². The normalized spacial score (nSPS) is 18.1. The van der Waals surface area contributed by atoms with E-state index in [9.17, 15) is 8.42 Å². The van der Waals surface area contributed by atoms with Crippen molar-refractivity contribution in [2.75, 3.05) is 19.6 Å². The van der Waals surface area contributed by atoms with Crippen LogP contribution in [-0.2, 0) is 28.9 Å². The quantitative estimate of drug-likeness (QED) is 0.798. The Bertz CT molecular complexity index is 976. The van der Waals surface area contributed by atoms with Crippen molar-refractivity contribution in [3.8, 4) is 6.07 Å². The Labute approximate surface area is 171 Å². The summed E-state index contributed by atoms with van der Waals surface area (Å²) in [7, 11) is -3.40. The minimum absolute atomic E-state index is 0. The topological polar surface area (TPSA) is 104 Å². The summed E-state index contributed by atoms with van der Waals surface area (Å²) in [4.78, 5) is 0. The smallest absolute Gasteiger partial charge is 0.218 e. The Morgan fingerprint density at radius 3 is 2.75 bits per heavy atom. The number of halogens is 1. The predicted octanol–water partition coefficient (Wildman–Crippen LogP) is 1.38. The number of fused-ring (bicyclic) bond motifs is 1. The van der Waals surface area contributed by atoms with E-state index in [1.165, 1.54) is 0 Å². The molecule has 10 heteroatoms. The number of rotatable bonds is 4. The highest BCUT2D eigenvalue weighted by molar-refractivity contribution is 7.88. The molecule has 4 rings (SSSR count). The van der Waals surface area contributed by atoms with Gasteiger partial charge in [-0.15, -0.1) is 22.6 Å². The van der Waals surface area contributed by atoms with E-state index < -0.39 is 10.0 Å². The zero-order valence-electron chi connectivity index (χ0n) is 15.4. The number of sulfonamides is 1. The average Bonchev–Trinajstić information content (AvgIpc) is 3.12. The minimum Gasteiger partial charge on any atom is -0.312 e. The van der Waals surface area contributed by atoms with Gasteiger partial charge in [0.05, 0.1) is 23.9 Å². The third kappa shape index (κ3) is 4.20. The summed E-state index contributed by atoms with van der Waals surface area (Å²) in [6.07, 6.45) is 1.51. The van der Waals surface area contributed by atoms with E-state index in [2.05, 4.69) is 26.2 Å². The van der Waals surface area contributed by atoms with Crippen LogP contribution in [0.1, 0.15) is 41.5 Å². The highest BCUT2D eigenvalue weighted by Gasteiger charge is 2.31. The van der Waals surface area contributed by atoms with Gasteiger partial charge < -0.3 is 9.88 Å². The fraction of sp³-hybridized carbons (Fsp3) is 0.500. The maximum absolute atomic E-state index is 12.8. The van der Waals surface area contributed by atoms with Gasteiger partial charge in [-0.3, -0.25) is 0 Å². The maximum atomic E-state index is 12.8. The lowest BCUT2D eigenvalue weighted by molar-refractivity contribution is 0.306. The lowest BCUT2D eigenvalue weighted by Crippen LogP contribution is -2.39. The van der Waals surface area contributed by atoms with Crippen molar-refractivity contribution in [3.63, 3.8) is 0 Å². The molecule has 0 atom stereocenters. The van der Waals surface area contributed by atoms with Crippen molar-refractivity contribution < 1.29 is 8.42 Å². The SMILES string of the molecule is Cl.N#Cc1cccc(CS(=O)(=O)N2CCC(c3nnc4n3CCNC4)CC2)c1. The number of aromatic nitrogens is 3. The summed E-state index contributed by atoms with van der Waals surface area (Å²) in [6, 6.07) is 8.84. The Morgan fingerprint density at radius 2 is 2.00 bits per heavy atom. The number of nitrogens with one attached hydrogen (secondary N) is 1. The number of benzene rings is 1. The Hall–Kier alpha value is -1.99. The zero-order valence-corrected chi connectivity index (χ0v) is 17.0. The van der Waals surface area contributed by atoms with Gasteiger partial charge in [-0.05, 0) is 30.5 Å². The Balaban J connectivity index is 0.00000225. The van der Waals surface area contributed by atoms with Gasteiger partial charge in [0.1, 0.15) is 11.6 Å². The molecule has 0 radical (unpaired) electrons. The monoisotopic (exact) mass is 422 g/mol. The molecule has 1 aromatic carbocycles. The van der Waals surface area contributed by atoms with E-state index in [1.807, 2.05) is 0 Å². The molecule has 28 heavy (non-hydrogen) atoms. The molecule has 1 aromatic heterocycles. The molecule has 150 valence electrons. The molecule has 2 aliphatic rings. The third-order valence-electron chi connectivity index (χ3n) is 5.27. The summed E-state index contributed by atoms with van der Waals surface area (Å²) >= 11 is 0. The van der Waals surface area contributed by atoms with Crippen LogP contribution in [0.15, 0.2) is 24.3 Å². The molecule has 1 saturated heterocycles. The van der Waals surface area contributed by atoms with E-state index in [0.717, 1.165) is 44.1 Å². The van der Waals surface area contributed by atoms with Gasteiger partial charge in [-0.2, -0.15) is 5.26 Å². The van der Waals surface area contributed by atoms with Crippen molar-refractivity contribution in [1.29, 1.82) is 5.26 Å². The first kappa shape index (κ1) is 20.7. The van der Waals surface area contributed by atoms with E-state index in [-0.39, 0.29) is 24.1 Å². The molecular weight excluding hydrogens is 400 g/mol. The fourth-order valence-electron chi connectivity index (χ4n) is 3.84. The Morgan fingerprint density at radius 1 is 1.21 bits per heavy atom. The predicted molar refractivity (Wildman–Crippen MR) is 106 cm³/mol. The second-order valence-electron chi connectivity index (χ2n) is 7.04. The molecule has 1 N–H and O–H groups in total. The molecule has 3 heterocycles. The van der Waals surface area contributed by atoms with E-state index in [0.29, 0.717) is 24.2 Å². The summed E-state index contributed by atoms with van der Waals surface area (Å²) in [5.41, 5.74) is 1.13. The van der Waals surface area contributed by atoms with Gasteiger partial charge in [-0.25, -0.2) is 12.7 Å². The molecule has 0 aliphatic carbocycles. The second-order valence-corrected chi connectivity index (χ2v) is 9.01. The summed E-state index contributed by atoms with van der Waals surface area (Å²) in [5, 5.41) is 20.9. The first-order valence-electron chi connectivity index (χ1n) is 9.16. The molecule has 0 bridgehead atoms. The first-order valence-corrected chi connectivity index (χ1v) is 10.8. The van der Waals surface area contributed by atoms with Crippen molar-refractivity contribution in [2.24, 2.45) is 0 Å². The Kier molecular flexibility index (Phi) is 6.35. The van der Waals surface area contributed by atoms with Crippen molar-refractivity contribution in [1.82, 2.24) is 24.4 Å². The summed E-state index contributed by atoms with van der Waals surface area (Å²) in [5.74, 6) is 2.13. The van der Waals surface area contributed by atoms with E-state index in [4.69, 9.17) is 5.26 Å². The average molecular weight is 423 g/mol. The lowest BCUT2D eigenvalue weighted by Gasteiger charge is -2.31. The van der Waals surface area contributed by atoms with Crippen LogP contribution >= 0.6 is 12.4 Å². The van der Waals surface area contributed by atoms with Gasteiger partial charge in [0.2, 0.25) is 10.0 Å². The molecule has 0 spiro atoms. The summed E-state index contributed by atoms with van der Waals surface area (Å²) in [6.45, 7) is 3.50. The van der Waals surface area contributed by atoms with E-state index >= 15 is 0 Å². The second kappa shape index (κ2) is 8.57. The molecule has 2 aromatic rings. The van der Waals surface area contributed by atoms with Crippen molar-refractivity contribution >= 4 is 22.4 Å². The zero-order chi connectivity index (χ0) is 18.9. The minimum atomic E-state index is -3.40. The number of nitrogens with zero attached hydrogens (tertiary/aromatic N) is 5. The van der Waals surface area contributed by atoms with Crippen molar-refractivity contribution in [3.05, 3.63) is 47.0 Å². The summed E-state index contributed by atoms with van der Waals surface area (Å²) < 4.78 is 29.3. The number of piperidine rings is 1. The number of hydrogen-bond acceptors (Lipinski definition) is 6. The van der Waals surface area contributed by atoms with Crippen LogP contribution < -0.4 is 5.32 Å². The molecule has 2 aliphatic heterocycles. The van der Waals surface area contributed by atoms with Gasteiger partial charge in [-0.1, -0.05) is 12.1 Å². The van der Waals surface area contributed by atoms with Gasteiger partial charge in [0, 0.05) is 32.1 Å². The highest BCUT2D eigenvalue weighted by atomic mass is 35.5. The van der Waals surface area contributed by atoms with Crippen LogP contribution in [-0.4, -0.2) is 47.1 Å². The molecule has 0 unspecified atom stereocenters. The van der Waals surface area contributed by atoms with Crippen LogP contribution in [0.3, 0.4) is 0 Å². The molecule has 8 nitrogen and oxygen atoms in total. The van der Waals surface area contributed by atoms with Gasteiger partial charge in [0.25, 0.3) is 0 Å². The number of nitriles is 1. The van der Waals surface area contributed by atoms with Crippen LogP contribution in [0.4, 0.5) is 0 Å². The van der Waals surface area contributed by atoms with Gasteiger partial charge >= 0.3 is 0 Å². The molecule has 0 amide bonds. The molecular formula is C18H23ClN6O2S. The number of hydrogen-bond donors (Lipinski definition) is 1. The molecule has 0 saturated carbocycles. The van der Waals surface area contributed by atoms with E-state index in [1.54, 1.807) is 28.6 Å². The lowest BCUT2D eigenvalue weighted by atomic mass is 9.97. The van der Waals surface area contributed by atoms with Crippen LogP contribution in [0.2, 0.25) is 0 Å². The van der Waals surface area contributed by atoms with Crippen LogP contribution in [0.5, 0.6) is 0 Å². The van der Waals surface area contributed by atoms with Crippen molar-refractivity contribution in [2.45, 2.75) is 37.6 Å². The van der Waals surface area contributed by atoms with Crippen LogP contribution in [0.25, 0.3) is 0 Å². The third-order valence-corrected chi connectivity index (χ3v) is 7.12. The fourth-order valence-corrected chi connectivity index (χ4v) is 5.39. The molecule has 1 fully saturated rings. The largest absolute Gasteiger partial charge is 0.312 e. The maximum Gasteiger partial charge on any atom is 0.218 e. The highest BCUT2D eigenvalue weighted by Crippen LogP contribution is 2.29. The van der Waals surface area contributed by atoms with Gasteiger partial charge in [0.15, 0.2) is 0 Å². The first-order chi connectivity index (χ1) is 13.1. The standard InChI is InChI=1S/C18H22N6O2S.ClH/c19-11-14-2-1-3-15(10-14)13-27(25,26)23-7-4-16(5-8-23)18-22-21-17-12-20-6-9-24(17)18;/h1-3,10,16,20H,4-9,12-13H2;1H.